The van der Waals surface area contributed by atoms with E-state index in [4.69, 9.17) is 0 Å². The van der Waals surface area contributed by atoms with Crippen LogP contribution in [0.4, 0.5) is 5.69 Å². The van der Waals surface area contributed by atoms with Crippen molar-refractivity contribution in [1.82, 2.24) is 10.3 Å². The van der Waals surface area contributed by atoms with Crippen LogP contribution in [-0.2, 0) is 6.42 Å². The van der Waals surface area contributed by atoms with Crippen LogP contribution in [0.2, 0.25) is 0 Å². The summed E-state index contributed by atoms with van der Waals surface area (Å²) in [6, 6.07) is 4.03. The first-order valence-electron chi connectivity index (χ1n) is 6.69. The Morgan fingerprint density at radius 1 is 1.45 bits per heavy atom. The zero-order valence-electron chi connectivity index (χ0n) is 11.9. The number of nitrogens with zero attached hydrogens (tertiary/aromatic N) is 2. The number of thiazole rings is 1. The lowest BCUT2D eigenvalue weighted by Gasteiger charge is -2.18. The minimum absolute atomic E-state index is 0.160. The van der Waals surface area contributed by atoms with E-state index in [-0.39, 0.29) is 16.7 Å². The van der Waals surface area contributed by atoms with Gasteiger partial charge in [-0.3, -0.25) is 10.1 Å². The van der Waals surface area contributed by atoms with Gasteiger partial charge in [0.15, 0.2) is 5.52 Å². The topological polar surface area (TPSA) is 68.1 Å². The van der Waals surface area contributed by atoms with Crippen molar-refractivity contribution < 1.29 is 4.92 Å². The highest BCUT2D eigenvalue weighted by atomic mass is 32.1. The van der Waals surface area contributed by atoms with Crippen LogP contribution >= 0.6 is 11.3 Å². The lowest BCUT2D eigenvalue weighted by Crippen LogP contribution is -2.29. The monoisotopic (exact) mass is 293 g/mol. The molecule has 1 atom stereocenters. The molecule has 0 amide bonds. The van der Waals surface area contributed by atoms with Crippen molar-refractivity contribution in [1.29, 1.82) is 0 Å². The molecule has 1 heterocycles. The Morgan fingerprint density at radius 3 is 2.80 bits per heavy atom. The maximum Gasteiger partial charge on any atom is 0.299 e. The summed E-state index contributed by atoms with van der Waals surface area (Å²) in [4.78, 5) is 15.2. The molecule has 0 aliphatic heterocycles. The number of nitro groups is 1. The van der Waals surface area contributed by atoms with E-state index in [1.807, 2.05) is 19.2 Å². The molecule has 20 heavy (non-hydrogen) atoms. The fourth-order valence-electron chi connectivity index (χ4n) is 2.46. The van der Waals surface area contributed by atoms with Crippen molar-refractivity contribution in [2.75, 3.05) is 7.05 Å². The molecule has 0 aliphatic rings. The highest BCUT2D eigenvalue weighted by Crippen LogP contribution is 2.31. The number of aromatic nitrogens is 1. The largest absolute Gasteiger partial charge is 0.317 e. The number of benzene rings is 1. The molecule has 2 aromatic rings. The third-order valence-corrected chi connectivity index (χ3v) is 4.17. The predicted octanol–water partition coefficient (Wildman–Crippen LogP) is 3.38. The van der Waals surface area contributed by atoms with Gasteiger partial charge in [-0.05, 0) is 31.9 Å². The molecule has 5 nitrogen and oxygen atoms in total. The van der Waals surface area contributed by atoms with Crippen LogP contribution in [-0.4, -0.2) is 23.0 Å². The van der Waals surface area contributed by atoms with E-state index in [0.717, 1.165) is 16.7 Å². The minimum Gasteiger partial charge on any atom is -0.317 e. The highest BCUT2D eigenvalue weighted by molar-refractivity contribution is 7.16. The summed E-state index contributed by atoms with van der Waals surface area (Å²) in [6.45, 7) is 4.31. The molecule has 0 saturated carbocycles. The van der Waals surface area contributed by atoms with Crippen LogP contribution in [0, 0.1) is 16.0 Å². The standard InChI is InChI=1S/C14H19N3O2S/c1-9(2)6-11(15-3)7-10-4-5-12-13(16-8-20-12)14(10)17(18)19/h4-5,8-9,11,15H,6-7H2,1-3H3. The first-order chi connectivity index (χ1) is 9.52. The lowest BCUT2D eigenvalue weighted by molar-refractivity contribution is -0.383. The molecule has 108 valence electrons. The smallest absolute Gasteiger partial charge is 0.299 e. The molecule has 2 rings (SSSR count). The average Bonchev–Trinajstić information content (AvgIpc) is 2.84. The first kappa shape index (κ1) is 14.9. The van der Waals surface area contributed by atoms with Crippen molar-refractivity contribution >= 4 is 27.2 Å². The van der Waals surface area contributed by atoms with Crippen molar-refractivity contribution in [3.8, 4) is 0 Å². The molecular formula is C14H19N3O2S. The van der Waals surface area contributed by atoms with Crippen molar-refractivity contribution in [3.63, 3.8) is 0 Å². The Labute approximate surface area is 122 Å². The Morgan fingerprint density at radius 2 is 2.20 bits per heavy atom. The molecule has 6 heteroatoms. The molecule has 0 aliphatic carbocycles. The molecule has 0 saturated heterocycles. The van der Waals surface area contributed by atoms with E-state index < -0.39 is 0 Å². The fourth-order valence-corrected chi connectivity index (χ4v) is 3.14. The number of fused-ring (bicyclic) bond motifs is 1. The molecule has 0 bridgehead atoms. The van der Waals surface area contributed by atoms with Crippen molar-refractivity contribution in [2.45, 2.75) is 32.7 Å². The summed E-state index contributed by atoms with van der Waals surface area (Å²) in [7, 11) is 1.90. The Bertz CT molecular complexity index is 609. The number of rotatable bonds is 6. The van der Waals surface area contributed by atoms with Gasteiger partial charge in [-0.1, -0.05) is 19.9 Å². The van der Waals surface area contributed by atoms with Crippen LogP contribution in [0.3, 0.4) is 0 Å². The fraction of sp³-hybridized carbons (Fsp3) is 0.500. The molecular weight excluding hydrogens is 274 g/mol. The number of hydrogen-bond donors (Lipinski definition) is 1. The van der Waals surface area contributed by atoms with Gasteiger partial charge < -0.3 is 5.32 Å². The van der Waals surface area contributed by atoms with E-state index in [1.54, 1.807) is 5.51 Å². The van der Waals surface area contributed by atoms with Gasteiger partial charge >= 0.3 is 0 Å². The maximum atomic E-state index is 11.4. The van der Waals surface area contributed by atoms with Crippen LogP contribution < -0.4 is 5.32 Å². The number of hydrogen-bond acceptors (Lipinski definition) is 5. The van der Waals surface area contributed by atoms with Crippen LogP contribution in [0.5, 0.6) is 0 Å². The zero-order chi connectivity index (χ0) is 14.7. The van der Waals surface area contributed by atoms with Crippen molar-refractivity contribution in [3.05, 3.63) is 33.3 Å². The van der Waals surface area contributed by atoms with Gasteiger partial charge in [0, 0.05) is 11.6 Å². The second kappa shape index (κ2) is 6.28. The molecule has 1 N–H and O–H groups in total. The lowest BCUT2D eigenvalue weighted by atomic mass is 9.96. The molecule has 0 radical (unpaired) electrons. The molecule has 0 fully saturated rings. The Balaban J connectivity index is 2.37. The Kier molecular flexibility index (Phi) is 4.67. The summed E-state index contributed by atoms with van der Waals surface area (Å²) in [6.07, 6.45) is 1.64. The van der Waals surface area contributed by atoms with Crippen LogP contribution in [0.1, 0.15) is 25.8 Å². The van der Waals surface area contributed by atoms with Gasteiger partial charge in [0.05, 0.1) is 15.1 Å². The summed E-state index contributed by atoms with van der Waals surface area (Å²) >= 11 is 1.43. The highest BCUT2D eigenvalue weighted by Gasteiger charge is 2.22. The molecule has 0 spiro atoms. The van der Waals surface area contributed by atoms with E-state index in [1.165, 1.54) is 11.3 Å². The third kappa shape index (κ3) is 3.13. The number of nitro benzene ring substituents is 1. The third-order valence-electron chi connectivity index (χ3n) is 3.37. The van der Waals surface area contributed by atoms with E-state index in [0.29, 0.717) is 17.9 Å². The normalized spacial score (nSPS) is 13.0. The second-order valence-corrected chi connectivity index (χ2v) is 6.24. The average molecular weight is 293 g/mol. The quantitative estimate of drug-likeness (QED) is 0.655. The van der Waals surface area contributed by atoms with Gasteiger partial charge in [-0.2, -0.15) is 0 Å². The van der Waals surface area contributed by atoms with Gasteiger partial charge in [0.1, 0.15) is 0 Å². The van der Waals surface area contributed by atoms with Crippen molar-refractivity contribution in [2.24, 2.45) is 5.92 Å². The number of likely N-dealkylation sites (N-methyl/N-ethyl adjacent to an activating group) is 1. The van der Waals surface area contributed by atoms with Crippen LogP contribution in [0.25, 0.3) is 10.2 Å². The maximum absolute atomic E-state index is 11.4. The Hall–Kier alpha value is -1.53. The SMILES string of the molecule is CNC(Cc1ccc2scnc2c1[N+](=O)[O-])CC(C)C. The molecule has 1 aromatic heterocycles. The van der Waals surface area contributed by atoms with Gasteiger partial charge in [0.25, 0.3) is 5.69 Å². The summed E-state index contributed by atoms with van der Waals surface area (Å²) in [5.74, 6) is 0.550. The van der Waals surface area contributed by atoms with E-state index >= 15 is 0 Å². The summed E-state index contributed by atoms with van der Waals surface area (Å²) in [5.41, 5.74) is 3.09. The van der Waals surface area contributed by atoms with Crippen LogP contribution in [0.15, 0.2) is 17.6 Å². The number of nitrogens with one attached hydrogen (secondary N) is 1. The van der Waals surface area contributed by atoms with E-state index in [9.17, 15) is 10.1 Å². The molecule has 1 aromatic carbocycles. The summed E-state index contributed by atoms with van der Waals surface area (Å²) < 4.78 is 0.866. The van der Waals surface area contributed by atoms with Gasteiger partial charge in [-0.25, -0.2) is 4.98 Å². The first-order valence-corrected chi connectivity index (χ1v) is 7.57. The molecule has 1 unspecified atom stereocenters. The predicted molar refractivity (Wildman–Crippen MR) is 82.3 cm³/mol. The van der Waals surface area contributed by atoms with E-state index in [2.05, 4.69) is 24.1 Å². The zero-order valence-corrected chi connectivity index (χ0v) is 12.7. The van der Waals surface area contributed by atoms with Gasteiger partial charge in [-0.15, -0.1) is 11.3 Å². The van der Waals surface area contributed by atoms with Gasteiger partial charge in [0.2, 0.25) is 0 Å². The second-order valence-electron chi connectivity index (χ2n) is 5.35. The minimum atomic E-state index is -0.306. The summed E-state index contributed by atoms with van der Waals surface area (Å²) in [5, 5.41) is 14.6.